The third-order valence-electron chi connectivity index (χ3n) is 2.34. The summed E-state index contributed by atoms with van der Waals surface area (Å²) in [5, 5.41) is 9.19. The lowest BCUT2D eigenvalue weighted by Crippen LogP contribution is -2.29. The molecule has 1 atom stereocenters. The Morgan fingerprint density at radius 3 is 2.33 bits per heavy atom. The minimum absolute atomic E-state index is 0.147. The first kappa shape index (κ1) is 10.0. The lowest BCUT2D eigenvalue weighted by molar-refractivity contribution is -0.123. The number of carbonyl (C=O) groups is 1. The highest BCUT2D eigenvalue weighted by Gasteiger charge is 2.31. The fraction of sp³-hybridized carbons (Fsp3) is 0.300. The van der Waals surface area contributed by atoms with Gasteiger partial charge in [-0.2, -0.15) is 0 Å². The van der Waals surface area contributed by atoms with Gasteiger partial charge in [-0.3, -0.25) is 4.79 Å². The minimum Gasteiger partial charge on any atom is -0.383 e. The maximum Gasteiger partial charge on any atom is 0.255 e. The lowest BCUT2D eigenvalue weighted by atomic mass is 10.2. The van der Waals surface area contributed by atoms with Crippen LogP contribution in [0.3, 0.4) is 0 Å². The highest BCUT2D eigenvalue weighted by atomic mass is 19.1. The normalized spacial score (nSPS) is 21.1. The van der Waals surface area contributed by atoms with E-state index in [0.29, 0.717) is 0 Å². The lowest BCUT2D eigenvalue weighted by Gasteiger charge is -2.15. The smallest absolute Gasteiger partial charge is 0.255 e. The fourth-order valence-electron chi connectivity index (χ4n) is 1.62. The second kappa shape index (κ2) is 3.58. The number of hydrogen-bond acceptors (Lipinski definition) is 2. The maximum atomic E-state index is 12.9. The van der Waals surface area contributed by atoms with E-state index in [-0.39, 0.29) is 18.7 Å². The Labute approximate surface area is 84.9 Å². The average Bonchev–Trinajstić information content (AvgIpc) is 2.46. The van der Waals surface area contributed by atoms with Crippen molar-refractivity contribution in [3.63, 3.8) is 0 Å². The average molecular weight is 213 g/mol. The Bertz CT molecular complexity index is 388. The number of carbonyl (C=O) groups excluding carboxylic acids is 1. The summed E-state index contributed by atoms with van der Waals surface area (Å²) in [6, 6.07) is 2.87. The molecule has 0 bridgehead atoms. The molecule has 3 nitrogen and oxygen atoms in total. The molecule has 1 aromatic rings. The molecule has 1 saturated heterocycles. The molecule has 1 aliphatic heterocycles. The number of halogens is 2. The van der Waals surface area contributed by atoms with E-state index >= 15 is 0 Å². The van der Waals surface area contributed by atoms with Crippen molar-refractivity contribution in [2.24, 2.45) is 0 Å². The number of anilines is 1. The third-order valence-corrected chi connectivity index (χ3v) is 2.34. The van der Waals surface area contributed by atoms with E-state index < -0.39 is 23.6 Å². The standard InChI is InChI=1S/C10H9F2NO2/c11-6-3-7(12)5-8(4-6)13-2-1-9(14)10(13)15/h3-5,9,14H,1-2H2/t9-/m1/s1. The molecule has 2 rings (SSSR count). The molecule has 80 valence electrons. The molecule has 0 unspecified atom stereocenters. The van der Waals surface area contributed by atoms with E-state index in [0.717, 1.165) is 18.2 Å². The van der Waals surface area contributed by atoms with E-state index in [1.54, 1.807) is 0 Å². The van der Waals surface area contributed by atoms with Gasteiger partial charge in [0.1, 0.15) is 17.7 Å². The van der Waals surface area contributed by atoms with Crippen molar-refractivity contribution >= 4 is 11.6 Å². The molecule has 1 aromatic carbocycles. The molecular weight excluding hydrogens is 204 g/mol. The molecule has 0 aromatic heterocycles. The molecule has 0 saturated carbocycles. The highest BCUT2D eigenvalue weighted by Crippen LogP contribution is 2.23. The SMILES string of the molecule is O=C1[C@H](O)CCN1c1cc(F)cc(F)c1. The van der Waals surface area contributed by atoms with Crippen LogP contribution >= 0.6 is 0 Å². The van der Waals surface area contributed by atoms with E-state index in [1.165, 1.54) is 4.90 Å². The van der Waals surface area contributed by atoms with Gasteiger partial charge in [0.05, 0.1) is 0 Å². The van der Waals surface area contributed by atoms with Crippen molar-refractivity contribution in [2.45, 2.75) is 12.5 Å². The molecule has 5 heteroatoms. The summed E-state index contributed by atoms with van der Waals surface area (Å²) in [6.07, 6.45) is -0.770. The van der Waals surface area contributed by atoms with Gasteiger partial charge in [-0.05, 0) is 12.1 Å². The van der Waals surface area contributed by atoms with Gasteiger partial charge in [0.25, 0.3) is 5.91 Å². The second-order valence-electron chi connectivity index (χ2n) is 3.42. The predicted molar refractivity (Wildman–Crippen MR) is 49.3 cm³/mol. The number of amides is 1. The third kappa shape index (κ3) is 1.83. The first-order valence-corrected chi connectivity index (χ1v) is 4.53. The Balaban J connectivity index is 2.34. The number of aliphatic hydroxyl groups excluding tert-OH is 1. The van der Waals surface area contributed by atoms with Gasteiger partial charge < -0.3 is 10.0 Å². The summed E-state index contributed by atoms with van der Waals surface area (Å²) in [4.78, 5) is 12.5. The van der Waals surface area contributed by atoms with Crippen molar-refractivity contribution in [1.29, 1.82) is 0 Å². The molecule has 15 heavy (non-hydrogen) atoms. The predicted octanol–water partition coefficient (Wildman–Crippen LogP) is 1.06. The van der Waals surface area contributed by atoms with Crippen LogP contribution < -0.4 is 4.90 Å². The van der Waals surface area contributed by atoms with Gasteiger partial charge in [0.15, 0.2) is 0 Å². The molecule has 0 radical (unpaired) electrons. The summed E-state index contributed by atoms with van der Waals surface area (Å²) in [7, 11) is 0. The van der Waals surface area contributed by atoms with Gasteiger partial charge in [0, 0.05) is 24.7 Å². The maximum absolute atomic E-state index is 12.9. The van der Waals surface area contributed by atoms with Crippen molar-refractivity contribution in [2.75, 3.05) is 11.4 Å². The largest absolute Gasteiger partial charge is 0.383 e. The number of benzene rings is 1. The first-order valence-electron chi connectivity index (χ1n) is 4.53. The van der Waals surface area contributed by atoms with Crippen LogP contribution in [-0.4, -0.2) is 23.7 Å². The van der Waals surface area contributed by atoms with Gasteiger partial charge in [-0.15, -0.1) is 0 Å². The Kier molecular flexibility index (Phi) is 2.40. The molecule has 0 spiro atoms. The van der Waals surface area contributed by atoms with Crippen molar-refractivity contribution in [1.82, 2.24) is 0 Å². The Hall–Kier alpha value is -1.49. The molecule has 1 N–H and O–H groups in total. The van der Waals surface area contributed by atoms with E-state index in [9.17, 15) is 18.7 Å². The van der Waals surface area contributed by atoms with Crippen LogP contribution in [0, 0.1) is 11.6 Å². The van der Waals surface area contributed by atoms with Gasteiger partial charge in [0.2, 0.25) is 0 Å². The summed E-state index contributed by atoms with van der Waals surface area (Å²) in [5.74, 6) is -1.99. The number of aliphatic hydroxyl groups is 1. The zero-order valence-electron chi connectivity index (χ0n) is 7.78. The monoisotopic (exact) mass is 213 g/mol. The Morgan fingerprint density at radius 1 is 1.27 bits per heavy atom. The molecule has 1 aliphatic rings. The molecule has 1 amide bonds. The number of nitrogens with zero attached hydrogens (tertiary/aromatic N) is 1. The molecule has 1 heterocycles. The van der Waals surface area contributed by atoms with Gasteiger partial charge in [-0.1, -0.05) is 0 Å². The molecule has 1 fully saturated rings. The van der Waals surface area contributed by atoms with Gasteiger partial charge in [-0.25, -0.2) is 8.78 Å². The minimum atomic E-state index is -1.06. The van der Waals surface area contributed by atoms with Gasteiger partial charge >= 0.3 is 0 Å². The van der Waals surface area contributed by atoms with Crippen LogP contribution in [0.25, 0.3) is 0 Å². The first-order chi connectivity index (χ1) is 7.08. The van der Waals surface area contributed by atoms with Crippen LogP contribution in [0.4, 0.5) is 14.5 Å². The quantitative estimate of drug-likeness (QED) is 0.757. The van der Waals surface area contributed by atoms with Crippen LogP contribution in [0.15, 0.2) is 18.2 Å². The van der Waals surface area contributed by atoms with Crippen LogP contribution in [0.2, 0.25) is 0 Å². The van der Waals surface area contributed by atoms with Crippen molar-refractivity contribution in [3.05, 3.63) is 29.8 Å². The number of hydrogen-bond donors (Lipinski definition) is 1. The van der Waals surface area contributed by atoms with Crippen LogP contribution in [-0.2, 0) is 4.79 Å². The second-order valence-corrected chi connectivity index (χ2v) is 3.42. The molecule has 0 aliphatic carbocycles. The summed E-state index contributed by atoms with van der Waals surface area (Å²) >= 11 is 0. The topological polar surface area (TPSA) is 40.5 Å². The van der Waals surface area contributed by atoms with E-state index in [1.807, 2.05) is 0 Å². The summed E-state index contributed by atoms with van der Waals surface area (Å²) < 4.78 is 25.7. The molecular formula is C10H9F2NO2. The van der Waals surface area contributed by atoms with Crippen LogP contribution in [0.5, 0.6) is 0 Å². The van der Waals surface area contributed by atoms with E-state index in [2.05, 4.69) is 0 Å². The fourth-order valence-corrected chi connectivity index (χ4v) is 1.62. The summed E-state index contributed by atoms with van der Waals surface area (Å²) in [5.41, 5.74) is 0.147. The number of rotatable bonds is 1. The zero-order valence-corrected chi connectivity index (χ0v) is 7.78. The summed E-state index contributed by atoms with van der Waals surface area (Å²) in [6.45, 7) is 0.281. The highest BCUT2D eigenvalue weighted by molar-refractivity contribution is 5.98. The van der Waals surface area contributed by atoms with Crippen molar-refractivity contribution in [3.8, 4) is 0 Å². The van der Waals surface area contributed by atoms with Crippen LogP contribution in [0.1, 0.15) is 6.42 Å². The Morgan fingerprint density at radius 2 is 1.87 bits per heavy atom. The van der Waals surface area contributed by atoms with E-state index in [4.69, 9.17) is 0 Å². The van der Waals surface area contributed by atoms with Crippen molar-refractivity contribution < 1.29 is 18.7 Å². The zero-order chi connectivity index (χ0) is 11.0.